The van der Waals surface area contributed by atoms with E-state index in [1.165, 1.54) is 48.3 Å². The molecule has 0 bridgehead atoms. The molecule has 57 heavy (non-hydrogen) atoms. The molecule has 304 valence electrons. The van der Waals surface area contributed by atoms with Crippen LogP contribution in [-0.4, -0.2) is 111 Å². The van der Waals surface area contributed by atoms with Crippen LogP contribution >= 0.6 is 0 Å². The van der Waals surface area contributed by atoms with Gasteiger partial charge >= 0.3 is 0 Å². The van der Waals surface area contributed by atoms with Crippen molar-refractivity contribution in [2.24, 2.45) is 5.92 Å². The number of nitrogens with one attached hydrogen (secondary N) is 1. The van der Waals surface area contributed by atoms with Crippen LogP contribution in [0, 0.1) is 16.0 Å². The summed E-state index contributed by atoms with van der Waals surface area (Å²) in [6.07, 6.45) is -9.98. The van der Waals surface area contributed by atoms with E-state index in [1.807, 2.05) is 24.3 Å². The zero-order valence-corrected chi connectivity index (χ0v) is 32.4. The third-order valence-electron chi connectivity index (χ3n) is 11.8. The van der Waals surface area contributed by atoms with Crippen LogP contribution in [0.4, 0.5) is 21.2 Å². The fourth-order valence-electron chi connectivity index (χ4n) is 9.01. The fraction of sp³-hybridized carbons (Fsp3) is 0.462. The Morgan fingerprint density at radius 2 is 1.70 bits per heavy atom. The van der Waals surface area contributed by atoms with E-state index < -0.39 is 85.1 Å². The third kappa shape index (κ3) is 7.14. The summed E-state index contributed by atoms with van der Waals surface area (Å²) in [6, 6.07) is 17.3. The van der Waals surface area contributed by atoms with Gasteiger partial charge in [-0.05, 0) is 54.4 Å². The van der Waals surface area contributed by atoms with Crippen LogP contribution in [0.25, 0.3) is 0 Å². The molecule has 3 aromatic rings. The third-order valence-corrected chi connectivity index (χ3v) is 14.3. The molecule has 4 aliphatic heterocycles. The van der Waals surface area contributed by atoms with Gasteiger partial charge in [0, 0.05) is 41.4 Å². The highest BCUT2D eigenvalue weighted by Crippen LogP contribution is 2.61. The van der Waals surface area contributed by atoms with Crippen LogP contribution in [0.5, 0.6) is 0 Å². The summed E-state index contributed by atoms with van der Waals surface area (Å²) in [5, 5.41) is 64.5. The van der Waals surface area contributed by atoms with Crippen molar-refractivity contribution in [3.05, 3.63) is 99.1 Å². The minimum absolute atomic E-state index is 0.0630. The summed E-state index contributed by atoms with van der Waals surface area (Å²) < 4.78 is 28.2. The quantitative estimate of drug-likeness (QED) is 0.0789. The maximum absolute atomic E-state index is 16.5. The van der Waals surface area contributed by atoms with Crippen molar-refractivity contribution in [1.82, 2.24) is 4.90 Å². The molecule has 0 unspecified atom stereocenters. The van der Waals surface area contributed by atoms with Crippen molar-refractivity contribution in [3.63, 3.8) is 0 Å². The number of aliphatic hydroxyl groups is 5. The predicted molar refractivity (Wildman–Crippen MR) is 203 cm³/mol. The summed E-state index contributed by atoms with van der Waals surface area (Å²) in [4.78, 5) is 56.2. The number of benzene rings is 3. The maximum Gasteiger partial charge on any atom is 0.269 e. The Bertz CT molecular complexity index is 2070. The molecule has 0 radical (unpaired) electrons. The topological polar surface area (TPSA) is 232 Å². The van der Waals surface area contributed by atoms with Crippen LogP contribution in [0.3, 0.4) is 0 Å². The second-order valence-corrected chi connectivity index (χ2v) is 19.6. The molecule has 1 spiro atoms. The highest BCUT2D eigenvalue weighted by Gasteiger charge is 2.67. The number of nitro benzene ring substituents is 1. The SMILES string of the molecule is C[C@@H]1[C@@H]([Si](C)(C)F)[C@H](CC(=O)N2Cc3ccccc3C[C@H]2CO)O[C@@]12C(=O)N(Cc1ccc(NC(=O)[C@H]3O[C@@H](O)[C@H](O)[C@@H](O)[C@@H]3O)cc1)c1ccc([N+](=O)[O-])cc12. The van der Waals surface area contributed by atoms with E-state index in [1.54, 1.807) is 24.0 Å². The summed E-state index contributed by atoms with van der Waals surface area (Å²) in [6.45, 7) is 4.56. The zero-order valence-electron chi connectivity index (χ0n) is 31.4. The highest BCUT2D eigenvalue weighted by molar-refractivity contribution is 6.72. The first-order valence-corrected chi connectivity index (χ1v) is 21.6. The van der Waals surface area contributed by atoms with Gasteiger partial charge in [-0.2, -0.15) is 0 Å². The number of anilines is 2. The van der Waals surface area contributed by atoms with Gasteiger partial charge in [0.05, 0.1) is 42.3 Å². The van der Waals surface area contributed by atoms with Crippen molar-refractivity contribution in [1.29, 1.82) is 0 Å². The van der Waals surface area contributed by atoms with E-state index in [4.69, 9.17) is 9.47 Å². The Hall–Kier alpha value is -4.66. The lowest BCUT2D eigenvalue weighted by molar-refractivity contribution is -0.385. The number of fused-ring (bicyclic) bond motifs is 3. The first kappa shape index (κ1) is 40.5. The molecule has 18 heteroatoms. The molecule has 0 saturated carbocycles. The first-order valence-electron chi connectivity index (χ1n) is 18.7. The molecule has 0 aromatic heterocycles. The zero-order chi connectivity index (χ0) is 41.1. The summed E-state index contributed by atoms with van der Waals surface area (Å²) in [5.41, 5.74) is 0.204. The number of ether oxygens (including phenoxy) is 2. The van der Waals surface area contributed by atoms with Gasteiger partial charge in [-0.25, -0.2) is 0 Å². The number of aliphatic hydroxyl groups excluding tert-OH is 5. The number of rotatable bonds is 9. The van der Waals surface area contributed by atoms with Gasteiger partial charge in [0.25, 0.3) is 17.5 Å². The summed E-state index contributed by atoms with van der Waals surface area (Å²) >= 11 is 0. The van der Waals surface area contributed by atoms with Crippen LogP contribution in [0.15, 0.2) is 66.7 Å². The second-order valence-electron chi connectivity index (χ2n) is 15.8. The lowest BCUT2D eigenvalue weighted by atomic mass is 9.82. The van der Waals surface area contributed by atoms with E-state index in [0.717, 1.165) is 11.1 Å². The van der Waals surface area contributed by atoms with Crippen LogP contribution in [0.2, 0.25) is 18.6 Å². The van der Waals surface area contributed by atoms with Gasteiger partial charge < -0.3 is 54.2 Å². The molecule has 3 aromatic carbocycles. The number of nitro groups is 1. The van der Waals surface area contributed by atoms with Gasteiger partial charge in [-0.1, -0.05) is 43.3 Å². The fourth-order valence-corrected chi connectivity index (χ4v) is 11.5. The van der Waals surface area contributed by atoms with Crippen LogP contribution in [-0.2, 0) is 49.0 Å². The van der Waals surface area contributed by atoms with E-state index in [-0.39, 0.29) is 49.0 Å². The van der Waals surface area contributed by atoms with Gasteiger partial charge in [-0.15, -0.1) is 0 Å². The lowest BCUT2D eigenvalue weighted by Crippen LogP contribution is -2.60. The molecule has 6 N–H and O–H groups in total. The van der Waals surface area contributed by atoms with Gasteiger partial charge in [-0.3, -0.25) is 24.5 Å². The molecule has 7 rings (SSSR count). The average Bonchev–Trinajstić information content (AvgIpc) is 3.60. The number of hydrogen-bond acceptors (Lipinski definition) is 12. The monoisotopic (exact) mass is 808 g/mol. The van der Waals surface area contributed by atoms with Gasteiger partial charge in [0.2, 0.25) is 14.3 Å². The normalized spacial score (nSPS) is 31.0. The molecular weight excluding hydrogens is 764 g/mol. The molecule has 2 saturated heterocycles. The summed E-state index contributed by atoms with van der Waals surface area (Å²) in [5.74, 6) is -2.70. The molecule has 4 heterocycles. The number of non-ortho nitro benzene ring substituents is 1. The Labute approximate surface area is 327 Å². The minimum Gasteiger partial charge on any atom is -0.394 e. The summed E-state index contributed by atoms with van der Waals surface area (Å²) in [7, 11) is -3.72. The lowest BCUT2D eigenvalue weighted by Gasteiger charge is -2.37. The highest BCUT2D eigenvalue weighted by atomic mass is 28.4. The minimum atomic E-state index is -3.72. The Balaban J connectivity index is 1.16. The van der Waals surface area contributed by atoms with Gasteiger partial charge in [0.1, 0.15) is 18.3 Å². The average molecular weight is 809 g/mol. The smallest absolute Gasteiger partial charge is 0.269 e. The second kappa shape index (κ2) is 15.3. The Morgan fingerprint density at radius 1 is 1.02 bits per heavy atom. The van der Waals surface area contributed by atoms with Crippen molar-refractivity contribution in [3.8, 4) is 0 Å². The largest absolute Gasteiger partial charge is 0.394 e. The number of carbonyl (C=O) groups excluding carboxylic acids is 3. The van der Waals surface area contributed by atoms with Gasteiger partial charge in [0.15, 0.2) is 18.0 Å². The van der Waals surface area contributed by atoms with E-state index in [9.17, 15) is 50.0 Å². The van der Waals surface area contributed by atoms with Crippen molar-refractivity contribution < 1.29 is 58.4 Å². The van der Waals surface area contributed by atoms with Crippen LogP contribution in [0.1, 0.15) is 35.6 Å². The van der Waals surface area contributed by atoms with Crippen molar-refractivity contribution in [2.75, 3.05) is 16.8 Å². The predicted octanol–water partition coefficient (Wildman–Crippen LogP) is 1.99. The van der Waals surface area contributed by atoms with Crippen molar-refractivity contribution >= 4 is 43.2 Å². The standard InChI is InChI=1S/C39H45FN4O12Si/c1-20-35(57(2,3)40)29(16-30(46)42-18-23-7-5-4-6-22(23)14-26(42)19-45)56-39(20)27-15-25(44(53)54)12-13-28(27)43(38(39)52)17-21-8-10-24(11-9-21)41-36(50)34-32(48)31(47)33(49)37(51)55-34/h4-13,15,20,26,29,31-35,37,45,47-49,51H,14,16-19H2,1-3H3,(H,41,50)/t20-,26+,29+,31+,32+,33-,34+,35-,37-,39+/m1/s1. The van der Waals surface area contributed by atoms with E-state index >= 15 is 4.11 Å². The number of amides is 3. The van der Waals surface area contributed by atoms with Crippen LogP contribution < -0.4 is 10.2 Å². The number of halogens is 1. The number of carbonyl (C=O) groups is 3. The molecule has 4 aliphatic rings. The molecule has 10 atom stereocenters. The number of hydrogen-bond donors (Lipinski definition) is 6. The molecule has 2 fully saturated rings. The molecule has 3 amide bonds. The Morgan fingerprint density at radius 3 is 2.35 bits per heavy atom. The molecule has 16 nitrogen and oxygen atoms in total. The maximum atomic E-state index is 16.5. The number of nitrogens with zero attached hydrogens (tertiary/aromatic N) is 3. The van der Waals surface area contributed by atoms with Crippen molar-refractivity contribution in [2.45, 2.75) is 99.9 Å². The van der Waals surface area contributed by atoms with E-state index in [2.05, 4.69) is 5.32 Å². The molecule has 0 aliphatic carbocycles. The molecular formula is C39H45FN4O12Si. The van der Waals surface area contributed by atoms with E-state index in [0.29, 0.717) is 17.7 Å². The Kier molecular flexibility index (Phi) is 10.8. The first-order chi connectivity index (χ1) is 27.0.